The zero-order valence-corrected chi connectivity index (χ0v) is 9.68. The SMILES string of the molecule is CCNC(=O)CN1CCOC(C(N)=S)C1. The van der Waals surface area contributed by atoms with Crippen LogP contribution in [-0.4, -0.2) is 54.7 Å². The molecule has 1 rings (SSSR count). The number of nitrogens with zero attached hydrogens (tertiary/aromatic N) is 1. The summed E-state index contributed by atoms with van der Waals surface area (Å²) in [7, 11) is 0. The Balaban J connectivity index is 2.36. The van der Waals surface area contributed by atoms with Gasteiger partial charge < -0.3 is 15.8 Å². The normalized spacial score (nSPS) is 22.3. The third-order valence-corrected chi connectivity index (χ3v) is 2.47. The maximum absolute atomic E-state index is 11.3. The average molecular weight is 231 g/mol. The van der Waals surface area contributed by atoms with E-state index >= 15 is 0 Å². The van der Waals surface area contributed by atoms with Gasteiger partial charge in [-0.25, -0.2) is 0 Å². The molecule has 1 aliphatic rings. The fourth-order valence-electron chi connectivity index (χ4n) is 1.47. The fourth-order valence-corrected chi connectivity index (χ4v) is 1.62. The van der Waals surface area contributed by atoms with Gasteiger partial charge in [-0.15, -0.1) is 0 Å². The van der Waals surface area contributed by atoms with Crippen LogP contribution in [0.2, 0.25) is 0 Å². The van der Waals surface area contributed by atoms with Gasteiger partial charge >= 0.3 is 0 Å². The summed E-state index contributed by atoms with van der Waals surface area (Å²) in [6, 6.07) is 0. The molecule has 1 heterocycles. The number of carbonyl (C=O) groups excluding carboxylic acids is 1. The van der Waals surface area contributed by atoms with Crippen LogP contribution >= 0.6 is 12.2 Å². The molecule has 1 aliphatic heterocycles. The van der Waals surface area contributed by atoms with Crippen LogP contribution in [0.15, 0.2) is 0 Å². The molecule has 0 saturated carbocycles. The van der Waals surface area contributed by atoms with Crippen molar-refractivity contribution in [1.29, 1.82) is 0 Å². The third kappa shape index (κ3) is 4.11. The molecule has 1 amide bonds. The van der Waals surface area contributed by atoms with Gasteiger partial charge in [-0.3, -0.25) is 9.69 Å². The zero-order valence-electron chi connectivity index (χ0n) is 8.86. The van der Waals surface area contributed by atoms with E-state index in [-0.39, 0.29) is 12.0 Å². The fraction of sp³-hybridized carbons (Fsp3) is 0.778. The predicted molar refractivity (Wildman–Crippen MR) is 61.6 cm³/mol. The Kier molecular flexibility index (Phi) is 4.93. The molecule has 86 valence electrons. The van der Waals surface area contributed by atoms with Crippen molar-refractivity contribution in [3.63, 3.8) is 0 Å². The molecule has 0 spiro atoms. The molecular weight excluding hydrogens is 214 g/mol. The number of morpholine rings is 1. The van der Waals surface area contributed by atoms with E-state index in [1.54, 1.807) is 0 Å². The van der Waals surface area contributed by atoms with E-state index in [1.807, 2.05) is 11.8 Å². The molecule has 0 aromatic rings. The Bertz CT molecular complexity index is 248. The Morgan fingerprint density at radius 1 is 1.73 bits per heavy atom. The van der Waals surface area contributed by atoms with E-state index in [4.69, 9.17) is 22.7 Å². The van der Waals surface area contributed by atoms with Crippen LogP contribution in [0.5, 0.6) is 0 Å². The summed E-state index contributed by atoms with van der Waals surface area (Å²) in [6.07, 6.45) is -0.219. The van der Waals surface area contributed by atoms with Crippen molar-refractivity contribution < 1.29 is 9.53 Å². The molecule has 5 nitrogen and oxygen atoms in total. The van der Waals surface area contributed by atoms with Crippen LogP contribution in [0.4, 0.5) is 0 Å². The summed E-state index contributed by atoms with van der Waals surface area (Å²) in [5.74, 6) is 0.0288. The molecule has 1 saturated heterocycles. The van der Waals surface area contributed by atoms with E-state index in [1.165, 1.54) is 0 Å². The van der Waals surface area contributed by atoms with Gasteiger partial charge in [0, 0.05) is 19.6 Å². The first kappa shape index (κ1) is 12.4. The second-order valence-corrected chi connectivity index (χ2v) is 3.92. The Hall–Kier alpha value is -0.720. The maximum Gasteiger partial charge on any atom is 0.234 e. The minimum absolute atomic E-state index is 0.0288. The van der Waals surface area contributed by atoms with Crippen molar-refractivity contribution in [2.24, 2.45) is 5.73 Å². The van der Waals surface area contributed by atoms with Crippen LogP contribution in [0.1, 0.15) is 6.92 Å². The number of ether oxygens (including phenoxy) is 1. The average Bonchev–Trinajstić information content (AvgIpc) is 2.18. The molecule has 15 heavy (non-hydrogen) atoms. The number of carbonyl (C=O) groups is 1. The molecule has 3 N–H and O–H groups in total. The van der Waals surface area contributed by atoms with Crippen molar-refractivity contribution in [2.75, 3.05) is 32.8 Å². The van der Waals surface area contributed by atoms with Gasteiger partial charge in [0.15, 0.2) is 0 Å². The predicted octanol–water partition coefficient (Wildman–Crippen LogP) is -0.891. The lowest BCUT2D eigenvalue weighted by molar-refractivity contribution is -0.123. The number of likely N-dealkylation sites (N-methyl/N-ethyl adjacent to an activating group) is 1. The standard InChI is InChI=1S/C9H17N3O2S/c1-2-11-8(13)6-12-3-4-14-7(5-12)9(10)15/h7H,2-6H2,1H3,(H2,10,15)(H,11,13). The number of hydrogen-bond donors (Lipinski definition) is 2. The van der Waals surface area contributed by atoms with E-state index in [9.17, 15) is 4.79 Å². The molecule has 6 heteroatoms. The van der Waals surface area contributed by atoms with Gasteiger partial charge in [0.1, 0.15) is 11.1 Å². The van der Waals surface area contributed by atoms with Gasteiger partial charge in [0.2, 0.25) is 5.91 Å². The van der Waals surface area contributed by atoms with Crippen molar-refractivity contribution in [2.45, 2.75) is 13.0 Å². The number of thiocarbonyl (C=S) groups is 1. The minimum Gasteiger partial charge on any atom is -0.391 e. The van der Waals surface area contributed by atoms with Gasteiger partial charge in [0.25, 0.3) is 0 Å². The van der Waals surface area contributed by atoms with Crippen LogP contribution in [0, 0.1) is 0 Å². The molecule has 1 fully saturated rings. The second-order valence-electron chi connectivity index (χ2n) is 3.45. The quantitative estimate of drug-likeness (QED) is 0.614. The van der Waals surface area contributed by atoms with Crippen molar-refractivity contribution in [3.8, 4) is 0 Å². The van der Waals surface area contributed by atoms with Gasteiger partial charge in [-0.2, -0.15) is 0 Å². The largest absolute Gasteiger partial charge is 0.391 e. The second kappa shape index (κ2) is 5.99. The summed E-state index contributed by atoms with van der Waals surface area (Å²) in [6.45, 7) is 4.86. The summed E-state index contributed by atoms with van der Waals surface area (Å²) in [5, 5.41) is 2.75. The summed E-state index contributed by atoms with van der Waals surface area (Å²) >= 11 is 4.86. The molecule has 0 aliphatic carbocycles. The number of hydrogen-bond acceptors (Lipinski definition) is 4. The van der Waals surface area contributed by atoms with Crippen LogP contribution in [0.25, 0.3) is 0 Å². The Morgan fingerprint density at radius 2 is 2.47 bits per heavy atom. The first-order chi connectivity index (χ1) is 7.13. The topological polar surface area (TPSA) is 67.6 Å². The van der Waals surface area contributed by atoms with Crippen LogP contribution in [0.3, 0.4) is 0 Å². The highest BCUT2D eigenvalue weighted by Gasteiger charge is 2.23. The first-order valence-electron chi connectivity index (χ1n) is 5.03. The number of rotatable bonds is 4. The third-order valence-electron chi connectivity index (χ3n) is 2.21. The highest BCUT2D eigenvalue weighted by molar-refractivity contribution is 7.80. The van der Waals surface area contributed by atoms with E-state index < -0.39 is 0 Å². The molecule has 0 aromatic carbocycles. The smallest absolute Gasteiger partial charge is 0.234 e. The van der Waals surface area contributed by atoms with Gasteiger partial charge in [-0.1, -0.05) is 12.2 Å². The molecule has 0 bridgehead atoms. The monoisotopic (exact) mass is 231 g/mol. The molecule has 1 atom stereocenters. The molecule has 0 radical (unpaired) electrons. The van der Waals surface area contributed by atoms with Gasteiger partial charge in [0.05, 0.1) is 13.2 Å². The van der Waals surface area contributed by atoms with Crippen molar-refractivity contribution in [3.05, 3.63) is 0 Å². The molecule has 0 aromatic heterocycles. The maximum atomic E-state index is 11.3. The van der Waals surface area contributed by atoms with Gasteiger partial charge in [-0.05, 0) is 6.92 Å². The minimum atomic E-state index is -0.219. The highest BCUT2D eigenvalue weighted by atomic mass is 32.1. The summed E-state index contributed by atoms with van der Waals surface area (Å²) < 4.78 is 5.37. The van der Waals surface area contributed by atoms with E-state index in [2.05, 4.69) is 5.32 Å². The lowest BCUT2D eigenvalue weighted by Gasteiger charge is -2.31. The lowest BCUT2D eigenvalue weighted by atomic mass is 10.2. The van der Waals surface area contributed by atoms with E-state index in [0.29, 0.717) is 31.2 Å². The highest BCUT2D eigenvalue weighted by Crippen LogP contribution is 2.04. The number of amides is 1. The molecular formula is C9H17N3O2S. The van der Waals surface area contributed by atoms with Crippen LogP contribution < -0.4 is 11.1 Å². The van der Waals surface area contributed by atoms with Crippen molar-refractivity contribution >= 4 is 23.1 Å². The number of nitrogens with one attached hydrogen (secondary N) is 1. The van der Waals surface area contributed by atoms with Crippen molar-refractivity contribution in [1.82, 2.24) is 10.2 Å². The first-order valence-corrected chi connectivity index (χ1v) is 5.44. The number of nitrogens with two attached hydrogens (primary N) is 1. The zero-order chi connectivity index (χ0) is 11.3. The summed E-state index contributed by atoms with van der Waals surface area (Å²) in [4.78, 5) is 13.7. The summed E-state index contributed by atoms with van der Waals surface area (Å²) in [5.41, 5.74) is 5.50. The van der Waals surface area contributed by atoms with Crippen LogP contribution in [-0.2, 0) is 9.53 Å². The Morgan fingerprint density at radius 3 is 3.07 bits per heavy atom. The molecule has 1 unspecified atom stereocenters. The lowest BCUT2D eigenvalue weighted by Crippen LogP contribution is -2.50. The van der Waals surface area contributed by atoms with E-state index in [0.717, 1.165) is 6.54 Å². The Labute approximate surface area is 94.9 Å².